The number of methoxy groups -OCH3 is 1. The molecule has 0 aliphatic heterocycles. The number of halogens is 3. The SMILES string of the molecule is CCC(C)NC(=O)C(CC)N(Cc1ccc(OC)cc1)C(=O)CN(c1cccc(C(F)(F)F)c1)S(=O)(=O)c1ccc(C)cc1. The lowest BCUT2D eigenvalue weighted by Gasteiger charge is -2.34. The van der Waals surface area contributed by atoms with Crippen LogP contribution in [0.1, 0.15) is 50.3 Å². The summed E-state index contributed by atoms with van der Waals surface area (Å²) in [5.41, 5.74) is 0.00614. The molecule has 44 heavy (non-hydrogen) atoms. The molecule has 0 radical (unpaired) electrons. The van der Waals surface area contributed by atoms with Gasteiger partial charge in [0.1, 0.15) is 18.3 Å². The van der Waals surface area contributed by atoms with Crippen LogP contribution in [0.15, 0.2) is 77.7 Å². The highest BCUT2D eigenvalue weighted by Gasteiger charge is 2.36. The first-order valence-electron chi connectivity index (χ1n) is 14.2. The van der Waals surface area contributed by atoms with E-state index in [0.29, 0.717) is 28.1 Å². The summed E-state index contributed by atoms with van der Waals surface area (Å²) < 4.78 is 74.7. The first-order valence-corrected chi connectivity index (χ1v) is 15.6. The number of amides is 2. The maximum absolute atomic E-state index is 14.1. The molecule has 3 aromatic carbocycles. The lowest BCUT2D eigenvalue weighted by Crippen LogP contribution is -2.53. The molecule has 8 nitrogen and oxygen atoms in total. The average molecular weight is 634 g/mol. The van der Waals surface area contributed by atoms with E-state index >= 15 is 0 Å². The van der Waals surface area contributed by atoms with Crippen molar-refractivity contribution in [3.05, 3.63) is 89.5 Å². The number of hydrogen-bond acceptors (Lipinski definition) is 5. The fourth-order valence-electron chi connectivity index (χ4n) is 4.49. The molecular weight excluding hydrogens is 595 g/mol. The van der Waals surface area contributed by atoms with Crippen LogP contribution in [0.3, 0.4) is 0 Å². The van der Waals surface area contributed by atoms with Gasteiger partial charge in [-0.3, -0.25) is 13.9 Å². The van der Waals surface area contributed by atoms with Crippen molar-refractivity contribution in [3.8, 4) is 5.75 Å². The molecule has 0 aliphatic carbocycles. The zero-order valence-electron chi connectivity index (χ0n) is 25.4. The number of nitrogens with zero attached hydrogens (tertiary/aromatic N) is 2. The highest BCUT2D eigenvalue weighted by atomic mass is 32.2. The number of alkyl halides is 3. The lowest BCUT2D eigenvalue weighted by atomic mass is 10.1. The maximum Gasteiger partial charge on any atom is 0.416 e. The molecule has 2 atom stereocenters. The van der Waals surface area contributed by atoms with Crippen LogP contribution in [-0.2, 0) is 32.3 Å². The molecule has 2 unspecified atom stereocenters. The Hall–Kier alpha value is -4.06. The van der Waals surface area contributed by atoms with Crippen molar-refractivity contribution in [3.63, 3.8) is 0 Å². The molecule has 0 aliphatic rings. The average Bonchev–Trinajstić information content (AvgIpc) is 2.99. The molecule has 0 saturated heterocycles. The first-order chi connectivity index (χ1) is 20.7. The second-order valence-corrected chi connectivity index (χ2v) is 12.3. The second-order valence-electron chi connectivity index (χ2n) is 10.5. The van der Waals surface area contributed by atoms with Gasteiger partial charge in [0.05, 0.1) is 23.3 Å². The third-order valence-electron chi connectivity index (χ3n) is 7.25. The topological polar surface area (TPSA) is 96.0 Å². The van der Waals surface area contributed by atoms with Gasteiger partial charge in [-0.05, 0) is 74.7 Å². The van der Waals surface area contributed by atoms with Crippen molar-refractivity contribution in [2.75, 3.05) is 18.0 Å². The van der Waals surface area contributed by atoms with Crippen molar-refractivity contribution >= 4 is 27.5 Å². The number of anilines is 1. The van der Waals surface area contributed by atoms with Crippen molar-refractivity contribution < 1.29 is 35.9 Å². The van der Waals surface area contributed by atoms with Gasteiger partial charge in [0.15, 0.2) is 0 Å². The maximum atomic E-state index is 14.1. The van der Waals surface area contributed by atoms with E-state index < -0.39 is 46.2 Å². The molecular formula is C32H38F3N3O5S. The Morgan fingerprint density at radius 2 is 1.59 bits per heavy atom. The first kappa shape index (κ1) is 34.4. The Morgan fingerprint density at radius 1 is 0.955 bits per heavy atom. The number of carbonyl (C=O) groups is 2. The van der Waals surface area contributed by atoms with Crippen molar-refractivity contribution in [2.45, 2.75) is 70.2 Å². The molecule has 0 heterocycles. The van der Waals surface area contributed by atoms with Crippen molar-refractivity contribution in [2.24, 2.45) is 0 Å². The van der Waals surface area contributed by atoms with Crippen LogP contribution in [0.2, 0.25) is 0 Å². The molecule has 0 bridgehead atoms. The van der Waals surface area contributed by atoms with Crippen LogP contribution >= 0.6 is 0 Å². The number of nitrogens with one attached hydrogen (secondary N) is 1. The molecule has 0 aromatic heterocycles. The minimum Gasteiger partial charge on any atom is -0.497 e. The van der Waals surface area contributed by atoms with Crippen LogP contribution in [0, 0.1) is 6.92 Å². The second kappa shape index (κ2) is 14.6. The van der Waals surface area contributed by atoms with Gasteiger partial charge in [-0.15, -0.1) is 0 Å². The quantitative estimate of drug-likeness (QED) is 0.252. The number of benzene rings is 3. The van der Waals surface area contributed by atoms with E-state index in [1.54, 1.807) is 50.2 Å². The molecule has 3 rings (SSSR count). The monoisotopic (exact) mass is 633 g/mol. The Kier molecular flexibility index (Phi) is 11.4. The van der Waals surface area contributed by atoms with Crippen molar-refractivity contribution in [1.29, 1.82) is 0 Å². The lowest BCUT2D eigenvalue weighted by molar-refractivity contribution is -0.140. The summed E-state index contributed by atoms with van der Waals surface area (Å²) in [4.78, 5) is 28.6. The third kappa shape index (κ3) is 8.52. The highest BCUT2D eigenvalue weighted by molar-refractivity contribution is 7.92. The molecule has 2 amide bonds. The van der Waals surface area contributed by atoms with Gasteiger partial charge in [0.25, 0.3) is 10.0 Å². The zero-order valence-corrected chi connectivity index (χ0v) is 26.2. The van der Waals surface area contributed by atoms with Gasteiger partial charge in [0, 0.05) is 12.6 Å². The Morgan fingerprint density at radius 3 is 2.14 bits per heavy atom. The van der Waals surface area contributed by atoms with E-state index in [9.17, 15) is 31.2 Å². The van der Waals surface area contributed by atoms with E-state index in [2.05, 4.69) is 5.32 Å². The highest BCUT2D eigenvalue weighted by Crippen LogP contribution is 2.33. The van der Waals surface area contributed by atoms with E-state index in [0.717, 1.165) is 17.7 Å². The minimum atomic E-state index is -4.75. The van der Waals surface area contributed by atoms with E-state index in [1.807, 2.05) is 13.8 Å². The Bertz CT molecular complexity index is 1530. The summed E-state index contributed by atoms with van der Waals surface area (Å²) >= 11 is 0. The normalized spacial score (nSPS) is 13.1. The van der Waals surface area contributed by atoms with Crippen LogP contribution in [-0.4, -0.2) is 50.9 Å². The zero-order chi connectivity index (χ0) is 32.7. The van der Waals surface area contributed by atoms with E-state index in [-0.39, 0.29) is 29.6 Å². The minimum absolute atomic E-state index is 0.0593. The summed E-state index contributed by atoms with van der Waals surface area (Å²) in [6.45, 7) is 6.30. The molecule has 0 fully saturated rings. The van der Waals surface area contributed by atoms with Crippen LogP contribution in [0.5, 0.6) is 5.75 Å². The van der Waals surface area contributed by atoms with E-state index in [4.69, 9.17) is 4.74 Å². The van der Waals surface area contributed by atoms with Crippen LogP contribution in [0.4, 0.5) is 18.9 Å². The van der Waals surface area contributed by atoms with Crippen LogP contribution < -0.4 is 14.4 Å². The summed E-state index contributed by atoms with van der Waals surface area (Å²) in [5, 5.41) is 2.88. The molecule has 238 valence electrons. The number of aryl methyl sites for hydroxylation is 1. The number of carbonyl (C=O) groups excluding carboxylic acids is 2. The summed E-state index contributed by atoms with van der Waals surface area (Å²) in [5.74, 6) is -0.608. The Balaban J connectivity index is 2.12. The van der Waals surface area contributed by atoms with Gasteiger partial charge < -0.3 is 15.0 Å². The standard InChI is InChI=1S/C32H38F3N3O5S/c1-6-23(4)36-31(40)29(7-2)37(20-24-13-15-27(43-5)16-14-24)30(39)21-38(26-10-8-9-25(19-26)32(33,34)35)44(41,42)28-17-11-22(3)12-18-28/h8-19,23,29H,6-7,20-21H2,1-5H3,(H,36,40). The van der Waals surface area contributed by atoms with Gasteiger partial charge in [-0.25, -0.2) is 8.42 Å². The van der Waals surface area contributed by atoms with Gasteiger partial charge >= 0.3 is 6.18 Å². The number of rotatable bonds is 13. The molecule has 3 aromatic rings. The summed E-state index contributed by atoms with van der Waals surface area (Å²) in [7, 11) is -3.01. The number of sulfonamides is 1. The fraction of sp³-hybridized carbons (Fsp3) is 0.375. The smallest absolute Gasteiger partial charge is 0.416 e. The number of ether oxygens (including phenoxy) is 1. The van der Waals surface area contributed by atoms with Crippen LogP contribution in [0.25, 0.3) is 0 Å². The number of hydrogen-bond donors (Lipinski definition) is 1. The largest absolute Gasteiger partial charge is 0.497 e. The van der Waals surface area contributed by atoms with Gasteiger partial charge in [-0.2, -0.15) is 13.2 Å². The molecule has 12 heteroatoms. The van der Waals surface area contributed by atoms with E-state index in [1.165, 1.54) is 30.2 Å². The summed E-state index contributed by atoms with van der Waals surface area (Å²) in [6.07, 6.45) is -3.90. The predicted molar refractivity (Wildman–Crippen MR) is 163 cm³/mol. The van der Waals surface area contributed by atoms with Gasteiger partial charge in [-0.1, -0.05) is 49.7 Å². The Labute approximate surface area is 256 Å². The molecule has 1 N–H and O–H groups in total. The fourth-order valence-corrected chi connectivity index (χ4v) is 5.90. The summed E-state index contributed by atoms with van der Waals surface area (Å²) in [6, 6.07) is 15.2. The third-order valence-corrected chi connectivity index (χ3v) is 9.04. The molecule has 0 saturated carbocycles. The predicted octanol–water partition coefficient (Wildman–Crippen LogP) is 5.94. The van der Waals surface area contributed by atoms with Gasteiger partial charge in [0.2, 0.25) is 11.8 Å². The van der Waals surface area contributed by atoms with Crippen molar-refractivity contribution in [1.82, 2.24) is 10.2 Å². The molecule has 0 spiro atoms.